The zero-order chi connectivity index (χ0) is 10.1. The van der Waals surface area contributed by atoms with E-state index in [0.29, 0.717) is 5.57 Å². The van der Waals surface area contributed by atoms with Crippen LogP contribution in [0.25, 0.3) is 5.57 Å². The predicted molar refractivity (Wildman–Crippen MR) is 56.7 cm³/mol. The highest BCUT2D eigenvalue weighted by Gasteiger charge is 2.20. The first-order valence-electron chi connectivity index (χ1n) is 4.33. The molecule has 3 heteroatoms. The molecule has 1 aromatic rings. The molecule has 0 saturated carbocycles. The molecule has 14 heavy (non-hydrogen) atoms. The van der Waals surface area contributed by atoms with Gasteiger partial charge < -0.3 is 0 Å². The normalized spacial score (nSPS) is 13.1. The quantitative estimate of drug-likeness (QED) is 0.684. The fourth-order valence-electron chi connectivity index (χ4n) is 1.47. The van der Waals surface area contributed by atoms with Gasteiger partial charge in [-0.05, 0) is 18.6 Å². The second-order valence-corrected chi connectivity index (χ2v) is 3.52. The topological polar surface area (TPSA) is 31.2 Å². The van der Waals surface area contributed by atoms with Crippen LogP contribution in [-0.2, 0) is 4.79 Å². The maximum atomic E-state index is 11.4. The van der Waals surface area contributed by atoms with E-state index in [4.69, 9.17) is 11.6 Å². The van der Waals surface area contributed by atoms with Gasteiger partial charge in [-0.1, -0.05) is 12.1 Å². The Balaban J connectivity index is 2.42. The minimum atomic E-state index is -0.0713. The average molecular weight is 207 g/mol. The maximum Gasteiger partial charge on any atom is 0.179 e. The number of nitrogens with zero attached hydrogens (tertiary/aromatic N) is 1. The van der Waals surface area contributed by atoms with Crippen molar-refractivity contribution in [1.29, 1.82) is 0 Å². The van der Waals surface area contributed by atoms with Gasteiger partial charge in [-0.15, -0.1) is 11.6 Å². The molecule has 0 amide bonds. The summed E-state index contributed by atoms with van der Waals surface area (Å²) < 4.78 is 0. The molecule has 0 aliphatic carbocycles. The lowest BCUT2D eigenvalue weighted by Crippen LogP contribution is -2.00. The minimum absolute atomic E-state index is 0.00860. The molecule has 0 spiro atoms. The molecule has 0 aromatic heterocycles. The van der Waals surface area contributed by atoms with E-state index in [1.165, 1.54) is 0 Å². The van der Waals surface area contributed by atoms with Gasteiger partial charge in [0.15, 0.2) is 5.78 Å². The zero-order valence-corrected chi connectivity index (χ0v) is 8.51. The molecule has 1 radical (unpaired) electrons. The van der Waals surface area contributed by atoms with Gasteiger partial charge in [0, 0.05) is 17.3 Å². The highest BCUT2D eigenvalue weighted by Crippen LogP contribution is 2.31. The summed E-state index contributed by atoms with van der Waals surface area (Å²) in [6.45, 7) is 2.00. The smallest absolute Gasteiger partial charge is 0.179 e. The monoisotopic (exact) mass is 206 g/mol. The molecule has 2 rings (SSSR count). The number of benzene rings is 1. The first-order chi connectivity index (χ1) is 6.72. The Morgan fingerprint density at radius 2 is 2.29 bits per heavy atom. The third-order valence-corrected chi connectivity index (χ3v) is 2.44. The second kappa shape index (κ2) is 3.46. The molecule has 0 unspecified atom stereocenters. The number of Topliss-reactive ketones (excluding diaryl/α,β-unsaturated/α-hetero) is 1. The van der Waals surface area contributed by atoms with Gasteiger partial charge in [0.1, 0.15) is 0 Å². The van der Waals surface area contributed by atoms with Gasteiger partial charge in [0.05, 0.1) is 11.6 Å². The fourth-order valence-corrected chi connectivity index (χ4v) is 1.62. The molecule has 1 aliphatic heterocycles. The van der Waals surface area contributed by atoms with Crippen molar-refractivity contribution in [3.63, 3.8) is 0 Å². The summed E-state index contributed by atoms with van der Waals surface area (Å²) >= 11 is 5.50. The zero-order valence-electron chi connectivity index (χ0n) is 7.75. The number of carbonyl (C=O) groups excluding carboxylic acids is 1. The first-order valence-corrected chi connectivity index (χ1v) is 4.87. The summed E-state index contributed by atoms with van der Waals surface area (Å²) in [5.41, 5.74) is 3.51. The predicted octanol–water partition coefficient (Wildman–Crippen LogP) is 2.39. The molecular weight excluding hydrogens is 198 g/mol. The molecule has 2 nitrogen and oxygen atoms in total. The van der Waals surface area contributed by atoms with Crippen LogP contribution in [0.15, 0.2) is 24.4 Å². The molecule has 0 saturated heterocycles. The maximum absolute atomic E-state index is 11.4. The van der Waals surface area contributed by atoms with Gasteiger partial charge in [0.25, 0.3) is 0 Å². The van der Waals surface area contributed by atoms with E-state index in [2.05, 4.69) is 5.32 Å². The van der Waals surface area contributed by atoms with Crippen LogP contribution in [-0.4, -0.2) is 11.7 Å². The van der Waals surface area contributed by atoms with Gasteiger partial charge >= 0.3 is 0 Å². The van der Waals surface area contributed by atoms with Crippen molar-refractivity contribution >= 4 is 28.6 Å². The fraction of sp³-hybridized carbons (Fsp3) is 0.182. The van der Waals surface area contributed by atoms with Crippen molar-refractivity contribution in [1.82, 2.24) is 5.32 Å². The summed E-state index contributed by atoms with van der Waals surface area (Å²) in [7, 11) is 0. The Morgan fingerprint density at radius 3 is 3.00 bits per heavy atom. The molecule has 0 bridgehead atoms. The van der Waals surface area contributed by atoms with E-state index in [0.717, 1.165) is 16.8 Å². The molecule has 0 atom stereocenters. The standard InChI is InChI=1S/C11H9ClNO/c1-7-2-3-8-9(11(14)5-12)6-13-10(8)4-7/h2-4,6H,5H2,1H3. The molecule has 0 N–H and O–H groups in total. The van der Waals surface area contributed by atoms with E-state index in [1.54, 1.807) is 6.20 Å². The highest BCUT2D eigenvalue weighted by atomic mass is 35.5. The highest BCUT2D eigenvalue weighted by molar-refractivity contribution is 6.38. The van der Waals surface area contributed by atoms with Crippen LogP contribution in [0.1, 0.15) is 11.1 Å². The Kier molecular flexibility index (Phi) is 2.30. The Labute approximate surface area is 87.6 Å². The number of fused-ring (bicyclic) bond motifs is 1. The lowest BCUT2D eigenvalue weighted by atomic mass is 10.0. The van der Waals surface area contributed by atoms with Crippen LogP contribution < -0.4 is 5.32 Å². The minimum Gasteiger partial charge on any atom is -0.293 e. The van der Waals surface area contributed by atoms with Crippen molar-refractivity contribution in [2.45, 2.75) is 6.92 Å². The molecular formula is C11H9ClNO. The van der Waals surface area contributed by atoms with Crippen molar-refractivity contribution in [2.75, 3.05) is 5.88 Å². The summed E-state index contributed by atoms with van der Waals surface area (Å²) in [5.74, 6) is -0.0627. The third-order valence-electron chi connectivity index (χ3n) is 2.20. The van der Waals surface area contributed by atoms with E-state index >= 15 is 0 Å². The molecule has 1 aliphatic rings. The molecule has 1 heterocycles. The molecule has 71 valence electrons. The number of allylic oxidation sites excluding steroid dienone is 1. The van der Waals surface area contributed by atoms with E-state index < -0.39 is 0 Å². The van der Waals surface area contributed by atoms with Crippen LogP contribution in [0.3, 0.4) is 0 Å². The third kappa shape index (κ3) is 1.42. The van der Waals surface area contributed by atoms with Gasteiger partial charge in [-0.3, -0.25) is 10.1 Å². The number of carbonyl (C=O) groups is 1. The Morgan fingerprint density at radius 1 is 1.50 bits per heavy atom. The van der Waals surface area contributed by atoms with Crippen molar-refractivity contribution < 1.29 is 4.79 Å². The van der Waals surface area contributed by atoms with Gasteiger partial charge in [-0.2, -0.15) is 0 Å². The van der Waals surface area contributed by atoms with Crippen molar-refractivity contribution in [3.05, 3.63) is 35.5 Å². The number of aryl methyl sites for hydroxylation is 1. The number of rotatable bonds is 2. The summed E-state index contributed by atoms with van der Waals surface area (Å²) in [5, 5.41) is 4.17. The van der Waals surface area contributed by atoms with Crippen molar-refractivity contribution in [3.8, 4) is 0 Å². The largest absolute Gasteiger partial charge is 0.293 e. The lowest BCUT2D eigenvalue weighted by molar-refractivity contribution is -0.111. The number of alkyl halides is 1. The van der Waals surface area contributed by atoms with Crippen LogP contribution >= 0.6 is 11.6 Å². The Bertz CT molecular complexity index is 423. The van der Waals surface area contributed by atoms with Crippen molar-refractivity contribution in [2.24, 2.45) is 0 Å². The van der Waals surface area contributed by atoms with Crippen LogP contribution in [0, 0.1) is 6.92 Å². The summed E-state index contributed by atoms with van der Waals surface area (Å²) in [6.07, 6.45) is 1.59. The Hall–Kier alpha value is -1.28. The summed E-state index contributed by atoms with van der Waals surface area (Å²) in [4.78, 5) is 11.4. The SMILES string of the molecule is Cc1ccc2c(c1)[N]C=C2C(=O)CCl. The van der Waals surface area contributed by atoms with Crippen LogP contribution in [0.2, 0.25) is 0 Å². The van der Waals surface area contributed by atoms with E-state index in [9.17, 15) is 4.79 Å². The second-order valence-electron chi connectivity index (χ2n) is 3.25. The number of hydrogen-bond acceptors (Lipinski definition) is 1. The first kappa shape index (κ1) is 9.28. The number of ketones is 1. The van der Waals surface area contributed by atoms with Crippen LogP contribution in [0.4, 0.5) is 5.69 Å². The number of halogens is 1. The molecule has 1 aromatic carbocycles. The lowest BCUT2D eigenvalue weighted by Gasteiger charge is -2.01. The molecule has 0 fully saturated rings. The number of hydrogen-bond donors (Lipinski definition) is 0. The average Bonchev–Trinajstić information content (AvgIpc) is 2.59. The summed E-state index contributed by atoms with van der Waals surface area (Å²) in [6, 6.07) is 5.84. The van der Waals surface area contributed by atoms with Gasteiger partial charge in [0.2, 0.25) is 0 Å². The van der Waals surface area contributed by atoms with E-state index in [1.807, 2.05) is 25.1 Å². The van der Waals surface area contributed by atoms with Crippen LogP contribution in [0.5, 0.6) is 0 Å². The van der Waals surface area contributed by atoms with E-state index in [-0.39, 0.29) is 11.7 Å². The van der Waals surface area contributed by atoms with Gasteiger partial charge in [-0.25, -0.2) is 0 Å².